The van der Waals surface area contributed by atoms with Crippen LogP contribution < -0.4 is 9.46 Å². The molecular weight excluding hydrogens is 532 g/mol. The molecule has 3 aromatic carbocycles. The summed E-state index contributed by atoms with van der Waals surface area (Å²) in [6.45, 7) is 4.28. The number of carboxylic acids is 2. The molecule has 0 fully saturated rings. The molecule has 0 saturated heterocycles. The second-order valence-corrected chi connectivity index (χ2v) is 10.9. The molecule has 10 heteroatoms. The molecule has 4 rings (SSSR count). The van der Waals surface area contributed by atoms with Gasteiger partial charge in [0.1, 0.15) is 18.4 Å². The molecule has 4 aromatic rings. The van der Waals surface area contributed by atoms with Crippen molar-refractivity contribution in [1.82, 2.24) is 9.29 Å². The first-order chi connectivity index (χ1) is 19.1. The van der Waals surface area contributed by atoms with E-state index in [4.69, 9.17) is 4.74 Å². The van der Waals surface area contributed by atoms with Gasteiger partial charge < -0.3 is 19.5 Å². The molecule has 1 heterocycles. The minimum atomic E-state index is -4.20. The lowest BCUT2D eigenvalue weighted by Gasteiger charge is -2.15. The zero-order valence-corrected chi connectivity index (χ0v) is 22.7. The summed E-state index contributed by atoms with van der Waals surface area (Å²) in [5.74, 6) is 3.37. The van der Waals surface area contributed by atoms with Crippen molar-refractivity contribution in [2.75, 3.05) is 6.61 Å². The number of aliphatic carboxylic acids is 1. The predicted molar refractivity (Wildman–Crippen MR) is 150 cm³/mol. The third kappa shape index (κ3) is 6.69. The fourth-order valence-electron chi connectivity index (χ4n) is 4.25. The molecule has 1 unspecified atom stereocenters. The first kappa shape index (κ1) is 28.4. The van der Waals surface area contributed by atoms with Crippen molar-refractivity contribution in [2.45, 2.75) is 37.8 Å². The predicted octanol–water partition coefficient (Wildman–Crippen LogP) is 4.07. The number of sulfonamides is 1. The molecule has 0 radical (unpaired) electrons. The Morgan fingerprint density at radius 2 is 1.73 bits per heavy atom. The van der Waals surface area contributed by atoms with Crippen LogP contribution in [0.2, 0.25) is 0 Å². The number of nitrogens with one attached hydrogen (secondary N) is 1. The quantitative estimate of drug-likeness (QED) is 0.235. The van der Waals surface area contributed by atoms with E-state index in [0.29, 0.717) is 28.8 Å². The zero-order valence-electron chi connectivity index (χ0n) is 21.9. The average molecular weight is 561 g/mol. The van der Waals surface area contributed by atoms with Crippen molar-refractivity contribution in [3.63, 3.8) is 0 Å². The van der Waals surface area contributed by atoms with Gasteiger partial charge in [-0.1, -0.05) is 35.7 Å². The number of carboxylic acid groups (broad SMARTS) is 2. The maximum absolute atomic E-state index is 13.1. The third-order valence-corrected chi connectivity index (χ3v) is 7.81. The lowest BCUT2D eigenvalue weighted by atomic mass is 10.0. The summed E-state index contributed by atoms with van der Waals surface area (Å²) in [7, 11) is -4.20. The minimum Gasteiger partial charge on any atom is -0.481 e. The largest absolute Gasteiger partial charge is 0.481 e. The Kier molecular flexibility index (Phi) is 8.58. The monoisotopic (exact) mass is 560 g/mol. The summed E-state index contributed by atoms with van der Waals surface area (Å²) in [6.07, 6.45) is 1.54. The molecule has 9 nitrogen and oxygen atoms in total. The number of rotatable bonds is 11. The Hall–Kier alpha value is -4.59. The molecule has 0 aliphatic carbocycles. The fraction of sp³-hybridized carbons (Fsp3) is 0.200. The van der Waals surface area contributed by atoms with Crippen molar-refractivity contribution in [2.24, 2.45) is 0 Å². The van der Waals surface area contributed by atoms with Crippen LogP contribution in [0.15, 0.2) is 77.8 Å². The summed E-state index contributed by atoms with van der Waals surface area (Å²) in [5.41, 5.74) is 3.36. The maximum atomic E-state index is 13.1. The molecule has 0 bridgehead atoms. The van der Waals surface area contributed by atoms with Crippen LogP contribution in [0.1, 0.15) is 34.0 Å². The molecule has 0 aliphatic heterocycles. The summed E-state index contributed by atoms with van der Waals surface area (Å²) in [5, 5.41) is 20.0. The molecule has 1 aromatic heterocycles. The first-order valence-corrected chi connectivity index (χ1v) is 13.8. The second kappa shape index (κ2) is 12.1. The van der Waals surface area contributed by atoms with Gasteiger partial charge in [0.15, 0.2) is 0 Å². The molecular formula is C30H28N2O7S. The number of nitrogens with zero attached hydrogens (tertiary/aromatic N) is 1. The van der Waals surface area contributed by atoms with Crippen molar-refractivity contribution in [1.29, 1.82) is 0 Å². The SMILES string of the molecule is CC#CCOc1ccc(S(=O)(=O)NC(Cc2cn(Cc3ccc(C)cc3)c3ccc(C(=O)O)cc23)C(=O)O)cc1. The number of carbonyl (C=O) groups is 2. The van der Waals surface area contributed by atoms with Crippen LogP contribution in [0.5, 0.6) is 5.75 Å². The number of aryl methyl sites for hydroxylation is 1. The number of benzene rings is 3. The van der Waals surface area contributed by atoms with E-state index in [1.165, 1.54) is 36.4 Å². The van der Waals surface area contributed by atoms with Crippen LogP contribution in [-0.2, 0) is 27.8 Å². The summed E-state index contributed by atoms with van der Waals surface area (Å²) < 4.78 is 35.7. The number of aromatic carboxylic acids is 1. The molecule has 1 atom stereocenters. The van der Waals surface area contributed by atoms with Gasteiger partial charge >= 0.3 is 11.9 Å². The van der Waals surface area contributed by atoms with E-state index in [2.05, 4.69) is 16.6 Å². The fourth-order valence-corrected chi connectivity index (χ4v) is 5.44. The van der Waals surface area contributed by atoms with Crippen molar-refractivity contribution >= 4 is 32.9 Å². The van der Waals surface area contributed by atoms with Crippen LogP contribution in [-0.4, -0.2) is 47.8 Å². The smallest absolute Gasteiger partial charge is 0.335 e. The molecule has 0 aliphatic rings. The lowest BCUT2D eigenvalue weighted by Crippen LogP contribution is -2.42. The second-order valence-electron chi connectivity index (χ2n) is 9.21. The van der Waals surface area contributed by atoms with Gasteiger partial charge in [-0.05, 0) is 67.4 Å². The number of aromatic nitrogens is 1. The highest BCUT2D eigenvalue weighted by Crippen LogP contribution is 2.26. The Bertz CT molecular complexity index is 1710. The van der Waals surface area contributed by atoms with Gasteiger partial charge in [0.05, 0.1) is 10.5 Å². The Morgan fingerprint density at radius 1 is 1.02 bits per heavy atom. The van der Waals surface area contributed by atoms with E-state index in [0.717, 1.165) is 11.1 Å². The van der Waals surface area contributed by atoms with Gasteiger partial charge in [-0.15, -0.1) is 5.92 Å². The standard InChI is InChI=1S/C30H28N2O7S/c1-3-4-15-39-24-10-12-25(13-11-24)40(37,38)31-27(30(35)36)17-23-19-32(18-21-7-5-20(2)6-8-21)28-14-9-22(29(33)34)16-26(23)28/h5-14,16,19,27,31H,15,17-18H2,1-2H3,(H,33,34)(H,35,36). The summed E-state index contributed by atoms with van der Waals surface area (Å²) in [4.78, 5) is 23.7. The maximum Gasteiger partial charge on any atom is 0.335 e. The van der Waals surface area contributed by atoms with E-state index < -0.39 is 28.0 Å². The van der Waals surface area contributed by atoms with Crippen molar-refractivity contribution < 1.29 is 33.0 Å². The van der Waals surface area contributed by atoms with Gasteiger partial charge in [0.2, 0.25) is 10.0 Å². The van der Waals surface area contributed by atoms with Crippen LogP contribution in [0.3, 0.4) is 0 Å². The zero-order chi connectivity index (χ0) is 28.9. The Labute approximate surface area is 232 Å². The van der Waals surface area contributed by atoms with Crippen LogP contribution in [0.25, 0.3) is 10.9 Å². The number of hydrogen-bond donors (Lipinski definition) is 3. The lowest BCUT2D eigenvalue weighted by molar-refractivity contribution is -0.138. The summed E-state index contributed by atoms with van der Waals surface area (Å²) in [6, 6.07) is 16.6. The van der Waals surface area contributed by atoms with Gasteiger partial charge in [-0.3, -0.25) is 4.79 Å². The van der Waals surface area contributed by atoms with Gasteiger partial charge in [0.25, 0.3) is 0 Å². The third-order valence-electron chi connectivity index (χ3n) is 6.33. The molecule has 0 spiro atoms. The van der Waals surface area contributed by atoms with E-state index in [9.17, 15) is 28.2 Å². The van der Waals surface area contributed by atoms with Crippen LogP contribution in [0, 0.1) is 18.8 Å². The van der Waals surface area contributed by atoms with E-state index in [-0.39, 0.29) is 23.5 Å². The number of fused-ring (bicyclic) bond motifs is 1. The highest BCUT2D eigenvalue weighted by atomic mass is 32.2. The van der Waals surface area contributed by atoms with Gasteiger partial charge in [-0.2, -0.15) is 4.72 Å². The molecule has 40 heavy (non-hydrogen) atoms. The average Bonchev–Trinajstić information content (AvgIpc) is 3.26. The molecule has 0 amide bonds. The van der Waals surface area contributed by atoms with Crippen molar-refractivity contribution in [3.05, 3.63) is 95.2 Å². The minimum absolute atomic E-state index is 0.0431. The number of ether oxygens (including phenoxy) is 1. The molecule has 0 saturated carbocycles. The van der Waals surface area contributed by atoms with Gasteiger partial charge in [-0.25, -0.2) is 13.2 Å². The van der Waals surface area contributed by atoms with E-state index in [1.807, 2.05) is 35.8 Å². The topological polar surface area (TPSA) is 135 Å². The number of hydrogen-bond acceptors (Lipinski definition) is 5. The van der Waals surface area contributed by atoms with Gasteiger partial charge in [0, 0.05) is 30.1 Å². The Balaban J connectivity index is 1.64. The molecule has 206 valence electrons. The normalized spacial score (nSPS) is 11.9. The summed E-state index contributed by atoms with van der Waals surface area (Å²) >= 11 is 0. The van der Waals surface area contributed by atoms with E-state index >= 15 is 0 Å². The Morgan fingerprint density at radius 3 is 2.35 bits per heavy atom. The highest BCUT2D eigenvalue weighted by Gasteiger charge is 2.27. The van der Waals surface area contributed by atoms with Crippen LogP contribution >= 0.6 is 0 Å². The highest BCUT2D eigenvalue weighted by molar-refractivity contribution is 7.89. The van der Waals surface area contributed by atoms with Crippen LogP contribution in [0.4, 0.5) is 0 Å². The van der Waals surface area contributed by atoms with E-state index in [1.54, 1.807) is 19.2 Å². The molecule has 3 N–H and O–H groups in total. The first-order valence-electron chi connectivity index (χ1n) is 12.4. The van der Waals surface area contributed by atoms with Crippen molar-refractivity contribution in [3.8, 4) is 17.6 Å².